The van der Waals surface area contributed by atoms with Gasteiger partial charge in [-0.25, -0.2) is 9.13 Å². The highest BCUT2D eigenvalue weighted by Crippen LogP contribution is 2.45. The first kappa shape index (κ1) is 99.1. The lowest BCUT2D eigenvalue weighted by Crippen LogP contribution is -2.30. The second-order valence-corrected chi connectivity index (χ2v) is 32.9. The van der Waals surface area contributed by atoms with Crippen molar-refractivity contribution in [2.75, 3.05) is 39.6 Å². The molecular formula is C82H160O17P2. The molecule has 0 aromatic carbocycles. The number of unbranched alkanes of at least 4 members (excludes halogenated alkanes) is 54. The number of aliphatic hydroxyl groups excluding tert-OH is 1. The van der Waals surface area contributed by atoms with Gasteiger partial charge >= 0.3 is 39.5 Å². The monoisotopic (exact) mass is 1480 g/mol. The van der Waals surface area contributed by atoms with Crippen molar-refractivity contribution in [2.24, 2.45) is 5.92 Å². The molecular weight excluding hydrogens is 1320 g/mol. The fourth-order valence-electron chi connectivity index (χ4n) is 12.8. The molecule has 101 heavy (non-hydrogen) atoms. The first-order valence-corrected chi connectivity index (χ1v) is 45.6. The normalized spacial score (nSPS) is 13.8. The molecule has 0 aliphatic heterocycles. The van der Waals surface area contributed by atoms with Gasteiger partial charge in [0.15, 0.2) is 12.2 Å². The van der Waals surface area contributed by atoms with Gasteiger partial charge in [0.05, 0.1) is 26.4 Å². The van der Waals surface area contributed by atoms with Crippen LogP contribution in [0.1, 0.15) is 439 Å². The summed E-state index contributed by atoms with van der Waals surface area (Å²) in [5.74, 6) is -1.29. The summed E-state index contributed by atoms with van der Waals surface area (Å²) in [5.41, 5.74) is 0. The summed E-state index contributed by atoms with van der Waals surface area (Å²) in [4.78, 5) is 73.1. The van der Waals surface area contributed by atoms with Crippen molar-refractivity contribution in [3.05, 3.63) is 0 Å². The van der Waals surface area contributed by atoms with E-state index in [-0.39, 0.29) is 25.7 Å². The van der Waals surface area contributed by atoms with Crippen LogP contribution in [0.3, 0.4) is 0 Å². The smallest absolute Gasteiger partial charge is 0.462 e. The summed E-state index contributed by atoms with van der Waals surface area (Å²) in [6, 6.07) is 0. The number of rotatable bonds is 82. The summed E-state index contributed by atoms with van der Waals surface area (Å²) < 4.78 is 68.8. The van der Waals surface area contributed by atoms with Crippen molar-refractivity contribution < 1.29 is 80.2 Å². The predicted molar refractivity (Wildman–Crippen MR) is 414 cm³/mol. The molecule has 0 spiro atoms. The fourth-order valence-corrected chi connectivity index (χ4v) is 14.3. The standard InChI is InChI=1S/C82H160O17P2/c1-6-9-12-15-18-21-24-27-28-29-30-34-37-42-46-51-56-61-66-80(85)93-72-78(99-82(87)68-63-58-53-48-43-38-35-32-31-33-36-39-44-49-54-59-64-75(4)5)74-97-101(90,91)95-70-76(83)69-94-100(88,89)96-73-77(98-81(86)67-62-57-52-47-41-26-23-20-17-14-11-8-3)71-92-79(84)65-60-55-50-45-40-25-22-19-16-13-10-7-2/h75-78,83H,6-74H2,1-5H3,(H,88,89)(H,90,91)/t76-,77+,78+/m0/s1. The van der Waals surface area contributed by atoms with Gasteiger partial charge in [0.2, 0.25) is 0 Å². The molecule has 3 N–H and O–H groups in total. The molecule has 0 saturated carbocycles. The zero-order valence-corrected chi connectivity index (χ0v) is 67.8. The molecule has 0 aliphatic carbocycles. The summed E-state index contributed by atoms with van der Waals surface area (Å²) in [6.45, 7) is 7.37. The average molecular weight is 1480 g/mol. The topological polar surface area (TPSA) is 237 Å². The van der Waals surface area contributed by atoms with Gasteiger partial charge in [-0.15, -0.1) is 0 Å². The van der Waals surface area contributed by atoms with E-state index in [0.29, 0.717) is 25.7 Å². The Kier molecular flexibility index (Phi) is 73.5. The molecule has 17 nitrogen and oxygen atoms in total. The van der Waals surface area contributed by atoms with Crippen LogP contribution in [0, 0.1) is 5.92 Å². The van der Waals surface area contributed by atoms with Crippen molar-refractivity contribution in [3.63, 3.8) is 0 Å². The quantitative estimate of drug-likeness (QED) is 0.0222. The Hall–Kier alpha value is -1.94. The summed E-state index contributed by atoms with van der Waals surface area (Å²) in [6.07, 6.45) is 66.5. The van der Waals surface area contributed by atoms with Crippen LogP contribution >= 0.6 is 15.6 Å². The molecule has 0 aliphatic rings. The van der Waals surface area contributed by atoms with Crippen LogP contribution in [0.25, 0.3) is 0 Å². The molecule has 2 unspecified atom stereocenters. The molecule has 0 radical (unpaired) electrons. The van der Waals surface area contributed by atoms with Crippen molar-refractivity contribution in [3.8, 4) is 0 Å². The van der Waals surface area contributed by atoms with E-state index in [1.54, 1.807) is 0 Å². The molecule has 0 aromatic rings. The number of carbonyl (C=O) groups is 4. The molecule has 0 saturated heterocycles. The molecule has 0 bridgehead atoms. The first-order chi connectivity index (χ1) is 49.0. The van der Waals surface area contributed by atoms with Crippen molar-refractivity contribution in [2.45, 2.75) is 457 Å². The molecule has 0 aromatic heterocycles. The van der Waals surface area contributed by atoms with Gasteiger partial charge in [-0.1, -0.05) is 388 Å². The van der Waals surface area contributed by atoms with Crippen LogP contribution in [0.4, 0.5) is 0 Å². The Bertz CT molecular complexity index is 1930. The minimum absolute atomic E-state index is 0.108. The van der Waals surface area contributed by atoms with E-state index < -0.39 is 97.5 Å². The average Bonchev–Trinajstić information content (AvgIpc) is 0.942. The van der Waals surface area contributed by atoms with Gasteiger partial charge in [-0.05, 0) is 31.6 Å². The molecule has 0 heterocycles. The van der Waals surface area contributed by atoms with Gasteiger partial charge < -0.3 is 33.8 Å². The Morgan fingerprint density at radius 3 is 0.673 bits per heavy atom. The Morgan fingerprint density at radius 1 is 0.267 bits per heavy atom. The third kappa shape index (κ3) is 76.1. The number of phosphoric ester groups is 2. The van der Waals surface area contributed by atoms with Crippen molar-refractivity contribution >= 4 is 39.5 Å². The van der Waals surface area contributed by atoms with Crippen LogP contribution in [-0.2, 0) is 65.4 Å². The third-order valence-corrected chi connectivity index (χ3v) is 21.2. The van der Waals surface area contributed by atoms with Gasteiger partial charge in [0.25, 0.3) is 0 Å². The number of esters is 4. The van der Waals surface area contributed by atoms with Crippen LogP contribution in [0.2, 0.25) is 0 Å². The number of hydrogen-bond donors (Lipinski definition) is 3. The zero-order chi connectivity index (χ0) is 74.1. The molecule has 19 heteroatoms. The minimum Gasteiger partial charge on any atom is -0.462 e. The molecule has 0 fully saturated rings. The van der Waals surface area contributed by atoms with Gasteiger partial charge in [-0.3, -0.25) is 37.3 Å². The summed E-state index contributed by atoms with van der Waals surface area (Å²) >= 11 is 0. The van der Waals surface area contributed by atoms with Gasteiger partial charge in [0.1, 0.15) is 19.3 Å². The fraction of sp³-hybridized carbons (Fsp3) is 0.951. The summed E-state index contributed by atoms with van der Waals surface area (Å²) in [7, 11) is -9.92. The first-order valence-electron chi connectivity index (χ1n) is 42.6. The Labute approximate surface area is 619 Å². The van der Waals surface area contributed by atoms with Gasteiger partial charge in [-0.2, -0.15) is 0 Å². The van der Waals surface area contributed by atoms with Crippen molar-refractivity contribution in [1.82, 2.24) is 0 Å². The lowest BCUT2D eigenvalue weighted by atomic mass is 10.0. The highest BCUT2D eigenvalue weighted by molar-refractivity contribution is 7.47. The van der Waals surface area contributed by atoms with E-state index in [1.807, 2.05) is 0 Å². The van der Waals surface area contributed by atoms with Crippen LogP contribution in [0.15, 0.2) is 0 Å². The zero-order valence-electron chi connectivity index (χ0n) is 66.1. The van der Waals surface area contributed by atoms with E-state index >= 15 is 0 Å². The lowest BCUT2D eigenvalue weighted by molar-refractivity contribution is -0.161. The molecule has 600 valence electrons. The second kappa shape index (κ2) is 74.9. The maximum absolute atomic E-state index is 13.1. The Morgan fingerprint density at radius 2 is 0.455 bits per heavy atom. The van der Waals surface area contributed by atoms with Crippen LogP contribution < -0.4 is 0 Å². The number of ether oxygens (including phenoxy) is 4. The maximum atomic E-state index is 13.1. The predicted octanol–water partition coefficient (Wildman–Crippen LogP) is 24.8. The second-order valence-electron chi connectivity index (χ2n) is 30.0. The van der Waals surface area contributed by atoms with E-state index in [9.17, 15) is 43.2 Å². The summed E-state index contributed by atoms with van der Waals surface area (Å²) in [5, 5.41) is 10.6. The number of hydrogen-bond acceptors (Lipinski definition) is 15. The lowest BCUT2D eigenvalue weighted by Gasteiger charge is -2.21. The van der Waals surface area contributed by atoms with E-state index in [2.05, 4.69) is 34.6 Å². The van der Waals surface area contributed by atoms with E-state index in [1.165, 1.54) is 263 Å². The largest absolute Gasteiger partial charge is 0.472 e. The van der Waals surface area contributed by atoms with Crippen LogP contribution in [0.5, 0.6) is 0 Å². The highest BCUT2D eigenvalue weighted by Gasteiger charge is 2.30. The number of carbonyl (C=O) groups excluding carboxylic acids is 4. The SMILES string of the molecule is CCCCCCCCCCCCCCCCCCCCC(=O)OC[C@H](COP(=O)(O)OC[C@@H](O)COP(=O)(O)OC[C@@H](COC(=O)CCCCCCCCCCCCCC)OC(=O)CCCCCCCCCCCCCC)OC(=O)CCCCCCCCCCCCCCCCCCC(C)C. The Balaban J connectivity index is 5.24. The maximum Gasteiger partial charge on any atom is 0.472 e. The third-order valence-electron chi connectivity index (χ3n) is 19.3. The number of phosphoric acid groups is 2. The van der Waals surface area contributed by atoms with Crippen molar-refractivity contribution in [1.29, 1.82) is 0 Å². The highest BCUT2D eigenvalue weighted by atomic mass is 31.2. The van der Waals surface area contributed by atoms with E-state index in [4.69, 9.17) is 37.0 Å². The minimum atomic E-state index is -4.96. The van der Waals surface area contributed by atoms with Gasteiger partial charge in [0, 0.05) is 25.7 Å². The van der Waals surface area contributed by atoms with Crippen LogP contribution in [-0.4, -0.2) is 96.7 Å². The molecule has 0 rings (SSSR count). The molecule has 0 amide bonds. The number of aliphatic hydroxyl groups is 1. The molecule has 5 atom stereocenters. The van der Waals surface area contributed by atoms with E-state index in [0.717, 1.165) is 95.8 Å².